The van der Waals surface area contributed by atoms with E-state index in [0.29, 0.717) is 18.7 Å². The van der Waals surface area contributed by atoms with Gasteiger partial charge in [0, 0.05) is 23.5 Å². The highest BCUT2D eigenvalue weighted by atomic mass is 32.2. The number of nitrogens with zero attached hydrogens (tertiary/aromatic N) is 2. The number of nitriles is 1. The number of benzene rings is 1. The lowest BCUT2D eigenvalue weighted by molar-refractivity contribution is 0.0752. The molecular weight excluding hydrogens is 244 g/mol. The number of rotatable bonds is 5. The Morgan fingerprint density at radius 3 is 2.50 bits per heavy atom. The van der Waals surface area contributed by atoms with Crippen molar-refractivity contribution in [2.24, 2.45) is 5.92 Å². The van der Waals surface area contributed by atoms with Gasteiger partial charge in [-0.25, -0.2) is 0 Å². The molecule has 1 aromatic carbocycles. The van der Waals surface area contributed by atoms with Crippen molar-refractivity contribution >= 4 is 17.7 Å². The first-order valence-electron chi connectivity index (χ1n) is 5.95. The van der Waals surface area contributed by atoms with Crippen LogP contribution in [0.2, 0.25) is 0 Å². The number of hydrogen-bond acceptors (Lipinski definition) is 3. The summed E-state index contributed by atoms with van der Waals surface area (Å²) in [6.07, 6.45) is 2.00. The first-order chi connectivity index (χ1) is 8.62. The third-order valence-electron chi connectivity index (χ3n) is 2.72. The third kappa shape index (κ3) is 3.78. The second-order valence-corrected chi connectivity index (χ2v) is 4.98. The van der Waals surface area contributed by atoms with Crippen LogP contribution in [0.1, 0.15) is 24.2 Å². The largest absolute Gasteiger partial charge is 0.338 e. The van der Waals surface area contributed by atoms with Crippen LogP contribution in [0.25, 0.3) is 0 Å². The summed E-state index contributed by atoms with van der Waals surface area (Å²) in [7, 11) is 0. The molecule has 0 heterocycles. The molecule has 4 heteroatoms. The van der Waals surface area contributed by atoms with Crippen LogP contribution in [0, 0.1) is 17.2 Å². The van der Waals surface area contributed by atoms with Gasteiger partial charge in [-0.05, 0) is 44.4 Å². The third-order valence-corrected chi connectivity index (χ3v) is 3.46. The second kappa shape index (κ2) is 7.07. The number of carbonyl (C=O) groups excluding carboxylic acids is 1. The van der Waals surface area contributed by atoms with Gasteiger partial charge in [-0.15, -0.1) is 11.8 Å². The van der Waals surface area contributed by atoms with E-state index in [4.69, 9.17) is 5.26 Å². The monoisotopic (exact) mass is 262 g/mol. The number of carbonyl (C=O) groups is 1. The molecule has 3 nitrogen and oxygen atoms in total. The van der Waals surface area contributed by atoms with Crippen molar-refractivity contribution in [3.05, 3.63) is 29.8 Å². The summed E-state index contributed by atoms with van der Waals surface area (Å²) in [5.74, 6) is -0.147. The van der Waals surface area contributed by atoms with Crippen molar-refractivity contribution in [2.45, 2.75) is 18.7 Å². The summed E-state index contributed by atoms with van der Waals surface area (Å²) in [5.41, 5.74) is 0.680. The van der Waals surface area contributed by atoms with Crippen LogP contribution in [0.3, 0.4) is 0 Å². The molecule has 0 radical (unpaired) electrons. The van der Waals surface area contributed by atoms with E-state index in [9.17, 15) is 4.79 Å². The summed E-state index contributed by atoms with van der Waals surface area (Å²) >= 11 is 1.65. The van der Waals surface area contributed by atoms with Gasteiger partial charge in [0.25, 0.3) is 5.91 Å². The molecule has 1 rings (SSSR count). The van der Waals surface area contributed by atoms with Gasteiger partial charge in [0.15, 0.2) is 0 Å². The van der Waals surface area contributed by atoms with E-state index in [1.807, 2.05) is 44.4 Å². The van der Waals surface area contributed by atoms with Crippen LogP contribution < -0.4 is 0 Å². The Labute approximate surface area is 113 Å². The standard InChI is InChI=1S/C14H18N2OS/c1-4-16(10-11(2)9-15)14(17)12-5-7-13(18-3)8-6-12/h5-8,11H,4,10H2,1-3H3. The van der Waals surface area contributed by atoms with Crippen LogP contribution in [0.5, 0.6) is 0 Å². The Hall–Kier alpha value is -1.47. The Morgan fingerprint density at radius 1 is 1.44 bits per heavy atom. The highest BCUT2D eigenvalue weighted by Gasteiger charge is 2.16. The zero-order valence-corrected chi connectivity index (χ0v) is 11.8. The summed E-state index contributed by atoms with van der Waals surface area (Å²) in [5, 5.41) is 8.81. The van der Waals surface area contributed by atoms with Crippen LogP contribution >= 0.6 is 11.8 Å². The molecule has 0 N–H and O–H groups in total. The van der Waals surface area contributed by atoms with Crippen molar-refractivity contribution in [2.75, 3.05) is 19.3 Å². The molecule has 1 unspecified atom stereocenters. The van der Waals surface area contributed by atoms with Crippen LogP contribution in [-0.4, -0.2) is 30.2 Å². The van der Waals surface area contributed by atoms with Crippen molar-refractivity contribution < 1.29 is 4.79 Å². The molecule has 0 saturated carbocycles. The lowest BCUT2D eigenvalue weighted by Gasteiger charge is -2.22. The van der Waals surface area contributed by atoms with E-state index >= 15 is 0 Å². The number of hydrogen-bond donors (Lipinski definition) is 0. The van der Waals surface area contributed by atoms with Crippen LogP contribution in [0.15, 0.2) is 29.2 Å². The Kier molecular flexibility index (Phi) is 5.73. The highest BCUT2D eigenvalue weighted by molar-refractivity contribution is 7.98. The molecular formula is C14H18N2OS. The SMILES string of the molecule is CCN(CC(C)C#N)C(=O)c1ccc(SC)cc1. The van der Waals surface area contributed by atoms with E-state index in [1.54, 1.807) is 16.7 Å². The second-order valence-electron chi connectivity index (χ2n) is 4.10. The van der Waals surface area contributed by atoms with Gasteiger partial charge in [-0.2, -0.15) is 5.26 Å². The van der Waals surface area contributed by atoms with Crippen molar-refractivity contribution in [3.8, 4) is 6.07 Å². The molecule has 1 amide bonds. The van der Waals surface area contributed by atoms with Gasteiger partial charge >= 0.3 is 0 Å². The average Bonchev–Trinajstić information content (AvgIpc) is 2.43. The molecule has 96 valence electrons. The van der Waals surface area contributed by atoms with E-state index in [2.05, 4.69) is 6.07 Å². The first-order valence-corrected chi connectivity index (χ1v) is 7.17. The normalized spacial score (nSPS) is 11.7. The molecule has 0 aromatic heterocycles. The van der Waals surface area contributed by atoms with Crippen molar-refractivity contribution in [1.82, 2.24) is 4.90 Å². The Bertz CT molecular complexity index is 436. The number of amides is 1. The minimum absolute atomic E-state index is 0.00717. The van der Waals surface area contributed by atoms with Gasteiger partial charge < -0.3 is 4.90 Å². The van der Waals surface area contributed by atoms with E-state index in [1.165, 1.54) is 0 Å². The molecule has 0 saturated heterocycles. The fourth-order valence-corrected chi connectivity index (χ4v) is 2.05. The fraction of sp³-hybridized carbons (Fsp3) is 0.429. The molecule has 0 bridgehead atoms. The minimum atomic E-state index is -0.139. The quantitative estimate of drug-likeness (QED) is 0.766. The molecule has 0 aliphatic rings. The summed E-state index contributed by atoms with van der Waals surface area (Å²) in [6, 6.07) is 9.73. The highest BCUT2D eigenvalue weighted by Crippen LogP contribution is 2.16. The van der Waals surface area contributed by atoms with Gasteiger partial charge in [0.2, 0.25) is 0 Å². The molecule has 0 spiro atoms. The fourth-order valence-electron chi connectivity index (χ4n) is 1.64. The zero-order valence-electron chi connectivity index (χ0n) is 11.0. The topological polar surface area (TPSA) is 44.1 Å². The van der Waals surface area contributed by atoms with Gasteiger partial charge in [0.05, 0.1) is 12.0 Å². The predicted octanol–water partition coefficient (Wildman–Crippen LogP) is 3.03. The Balaban J connectivity index is 2.80. The Morgan fingerprint density at radius 2 is 2.06 bits per heavy atom. The van der Waals surface area contributed by atoms with Gasteiger partial charge in [-0.1, -0.05) is 0 Å². The molecule has 0 aliphatic heterocycles. The van der Waals surface area contributed by atoms with E-state index in [0.717, 1.165) is 4.90 Å². The summed E-state index contributed by atoms with van der Waals surface area (Å²) in [6.45, 7) is 4.86. The smallest absolute Gasteiger partial charge is 0.253 e. The summed E-state index contributed by atoms with van der Waals surface area (Å²) < 4.78 is 0. The molecule has 18 heavy (non-hydrogen) atoms. The van der Waals surface area contributed by atoms with Crippen LogP contribution in [-0.2, 0) is 0 Å². The molecule has 1 atom stereocenters. The molecule has 1 aromatic rings. The lowest BCUT2D eigenvalue weighted by Crippen LogP contribution is -2.34. The maximum atomic E-state index is 12.2. The lowest BCUT2D eigenvalue weighted by atomic mass is 10.1. The van der Waals surface area contributed by atoms with E-state index in [-0.39, 0.29) is 11.8 Å². The van der Waals surface area contributed by atoms with E-state index < -0.39 is 0 Å². The van der Waals surface area contributed by atoms with Gasteiger partial charge in [0.1, 0.15) is 0 Å². The molecule has 0 fully saturated rings. The first kappa shape index (κ1) is 14.6. The summed E-state index contributed by atoms with van der Waals surface area (Å²) in [4.78, 5) is 15.1. The zero-order chi connectivity index (χ0) is 13.5. The maximum Gasteiger partial charge on any atom is 0.253 e. The van der Waals surface area contributed by atoms with Crippen molar-refractivity contribution in [3.63, 3.8) is 0 Å². The number of thioether (sulfide) groups is 1. The maximum absolute atomic E-state index is 12.2. The van der Waals surface area contributed by atoms with Crippen LogP contribution in [0.4, 0.5) is 0 Å². The van der Waals surface area contributed by atoms with Crippen molar-refractivity contribution in [1.29, 1.82) is 5.26 Å². The molecule has 0 aliphatic carbocycles. The average molecular weight is 262 g/mol. The van der Waals surface area contributed by atoms with Gasteiger partial charge in [-0.3, -0.25) is 4.79 Å². The minimum Gasteiger partial charge on any atom is -0.338 e. The predicted molar refractivity (Wildman–Crippen MR) is 74.6 cm³/mol.